The fourth-order valence-electron chi connectivity index (χ4n) is 5.30. The summed E-state index contributed by atoms with van der Waals surface area (Å²) in [6, 6.07) is 17.9. The van der Waals surface area contributed by atoms with Gasteiger partial charge in [-0.3, -0.25) is 19.3 Å². The van der Waals surface area contributed by atoms with Crippen molar-refractivity contribution in [2.24, 2.45) is 11.8 Å². The number of Topliss-reactive ketones (excluding diaryl/α,β-unsaturated/α-hetero) is 1. The second kappa shape index (κ2) is 12.9. The van der Waals surface area contributed by atoms with E-state index in [0.29, 0.717) is 17.9 Å². The minimum atomic E-state index is -1.20. The molecule has 0 spiro atoms. The highest BCUT2D eigenvalue weighted by Crippen LogP contribution is 2.39. The molecule has 0 saturated carbocycles. The Bertz CT molecular complexity index is 1620. The highest BCUT2D eigenvalue weighted by Gasteiger charge is 2.52. The molecule has 2 aliphatic rings. The number of esters is 2. The predicted molar refractivity (Wildman–Crippen MR) is 159 cm³/mol. The lowest BCUT2D eigenvalue weighted by Crippen LogP contribution is -2.48. The first kappa shape index (κ1) is 30.2. The monoisotopic (exact) mass is 619 g/mol. The van der Waals surface area contributed by atoms with Gasteiger partial charge in [-0.2, -0.15) is 0 Å². The van der Waals surface area contributed by atoms with Crippen molar-refractivity contribution >= 4 is 52.7 Å². The van der Waals surface area contributed by atoms with Crippen LogP contribution in [0.15, 0.2) is 84.4 Å². The van der Waals surface area contributed by atoms with Crippen LogP contribution in [0.4, 0.5) is 0 Å². The van der Waals surface area contributed by atoms with Gasteiger partial charge in [0.15, 0.2) is 12.4 Å². The van der Waals surface area contributed by atoms with E-state index in [4.69, 9.17) is 32.7 Å². The van der Waals surface area contributed by atoms with Gasteiger partial charge in [0.1, 0.15) is 11.8 Å². The summed E-state index contributed by atoms with van der Waals surface area (Å²) in [5, 5.41) is 0.513. The average Bonchev–Trinajstić information content (AvgIpc) is 3.24. The van der Waals surface area contributed by atoms with Gasteiger partial charge in [-0.25, -0.2) is 9.59 Å². The lowest BCUT2D eigenvalue weighted by molar-refractivity contribution is -0.158. The number of carbonyl (C=O) groups is 5. The Balaban J connectivity index is 1.25. The lowest BCUT2D eigenvalue weighted by Gasteiger charge is -2.25. The van der Waals surface area contributed by atoms with Gasteiger partial charge in [0.2, 0.25) is 11.8 Å². The second-order valence-electron chi connectivity index (χ2n) is 10.5. The second-order valence-corrected chi connectivity index (χ2v) is 11.3. The van der Waals surface area contributed by atoms with E-state index in [1.165, 1.54) is 42.5 Å². The summed E-state index contributed by atoms with van der Waals surface area (Å²) >= 11 is 11.8. The topological polar surface area (TPSA) is 107 Å². The molecule has 1 heterocycles. The maximum Gasteiger partial charge on any atom is 0.343 e. The predicted octanol–water partition coefficient (Wildman–Crippen LogP) is 5.89. The number of hydrogen-bond acceptors (Lipinski definition) is 7. The first-order chi connectivity index (χ1) is 20.6. The fourth-order valence-corrected chi connectivity index (χ4v) is 5.60. The van der Waals surface area contributed by atoms with Gasteiger partial charge in [0.05, 0.1) is 27.4 Å². The summed E-state index contributed by atoms with van der Waals surface area (Å²) in [5.41, 5.74) is 2.19. The van der Waals surface area contributed by atoms with Crippen LogP contribution in [0.3, 0.4) is 0 Å². The average molecular weight is 620 g/mol. The quantitative estimate of drug-likeness (QED) is 0.0966. The molecule has 1 fully saturated rings. The Morgan fingerprint density at radius 1 is 0.884 bits per heavy atom. The van der Waals surface area contributed by atoms with Crippen molar-refractivity contribution in [3.8, 4) is 5.75 Å². The smallest absolute Gasteiger partial charge is 0.343 e. The van der Waals surface area contributed by atoms with E-state index < -0.39 is 54.0 Å². The number of allylic oxidation sites excluding steroid dienone is 2. The van der Waals surface area contributed by atoms with Crippen molar-refractivity contribution in [3.63, 3.8) is 0 Å². The van der Waals surface area contributed by atoms with E-state index in [0.717, 1.165) is 16.0 Å². The highest BCUT2D eigenvalue weighted by molar-refractivity contribution is 6.42. The third-order valence-electron chi connectivity index (χ3n) is 7.60. The Morgan fingerprint density at radius 2 is 1.56 bits per heavy atom. The molecule has 8 nitrogen and oxygen atoms in total. The maximum atomic E-state index is 13.4. The molecule has 1 aliphatic heterocycles. The molecule has 3 aromatic rings. The van der Waals surface area contributed by atoms with Crippen LogP contribution in [0.2, 0.25) is 10.0 Å². The number of hydrogen-bond donors (Lipinski definition) is 0. The summed E-state index contributed by atoms with van der Waals surface area (Å²) in [4.78, 5) is 66.4. The molecule has 43 heavy (non-hydrogen) atoms. The Kier molecular flexibility index (Phi) is 9.08. The third kappa shape index (κ3) is 6.71. The molecule has 220 valence electrons. The summed E-state index contributed by atoms with van der Waals surface area (Å²) in [5.74, 6) is -3.62. The minimum absolute atomic E-state index is 0.0656. The van der Waals surface area contributed by atoms with Crippen molar-refractivity contribution in [1.29, 1.82) is 0 Å². The van der Waals surface area contributed by atoms with Crippen LogP contribution in [0.5, 0.6) is 5.75 Å². The largest absolute Gasteiger partial charge is 0.456 e. The first-order valence-corrected chi connectivity index (χ1v) is 14.4. The van der Waals surface area contributed by atoms with Gasteiger partial charge in [-0.1, -0.05) is 65.2 Å². The van der Waals surface area contributed by atoms with Crippen LogP contribution < -0.4 is 4.74 Å². The molecule has 0 bridgehead atoms. The van der Waals surface area contributed by atoms with Crippen molar-refractivity contribution in [1.82, 2.24) is 4.90 Å². The zero-order chi connectivity index (χ0) is 30.7. The van der Waals surface area contributed by atoms with Gasteiger partial charge >= 0.3 is 11.9 Å². The SMILES string of the molecule is CC1=CCC2C(=O)N(C(Cc3ccccc3)C(=O)OCC(=O)c3ccc(OC(=O)c4ccc(Cl)c(Cl)c4)cc3)C(=O)C2C1. The summed E-state index contributed by atoms with van der Waals surface area (Å²) in [6.07, 6.45) is 2.94. The highest BCUT2D eigenvalue weighted by atomic mass is 35.5. The van der Waals surface area contributed by atoms with E-state index >= 15 is 0 Å². The van der Waals surface area contributed by atoms with Gasteiger partial charge < -0.3 is 9.47 Å². The Labute approximate surface area is 258 Å². The van der Waals surface area contributed by atoms with Crippen LogP contribution >= 0.6 is 23.2 Å². The standard InChI is InChI=1S/C33H27Cl2NO7/c1-19-7-13-24-25(15-19)31(39)36(30(24)38)28(16-20-5-3-2-4-6-20)33(41)42-18-29(37)21-8-11-23(12-9-21)43-32(40)22-10-14-26(34)27(35)17-22/h2-12,14,17,24-25,28H,13,15-16,18H2,1H3. The van der Waals surface area contributed by atoms with Crippen LogP contribution in [0.25, 0.3) is 0 Å². The third-order valence-corrected chi connectivity index (χ3v) is 8.34. The molecule has 3 aromatic carbocycles. The fraction of sp³-hybridized carbons (Fsp3) is 0.242. The van der Waals surface area contributed by atoms with Crippen molar-refractivity contribution in [2.75, 3.05) is 6.61 Å². The zero-order valence-electron chi connectivity index (χ0n) is 23.1. The van der Waals surface area contributed by atoms with Crippen LogP contribution in [0, 0.1) is 11.8 Å². The van der Waals surface area contributed by atoms with Gasteiger partial charge in [-0.15, -0.1) is 0 Å². The van der Waals surface area contributed by atoms with Crippen LogP contribution in [-0.4, -0.2) is 47.1 Å². The number of amides is 2. The molecule has 3 atom stereocenters. The molecule has 5 rings (SSSR count). The summed E-state index contributed by atoms with van der Waals surface area (Å²) < 4.78 is 10.7. The molecule has 10 heteroatoms. The number of ether oxygens (including phenoxy) is 2. The first-order valence-electron chi connectivity index (χ1n) is 13.7. The number of benzene rings is 3. The van der Waals surface area contributed by atoms with Gasteiger partial charge in [-0.05, 0) is 67.8 Å². The molecular weight excluding hydrogens is 593 g/mol. The van der Waals surface area contributed by atoms with Gasteiger partial charge in [0, 0.05) is 12.0 Å². The van der Waals surface area contributed by atoms with E-state index in [1.807, 2.05) is 19.1 Å². The lowest BCUT2D eigenvalue weighted by atomic mass is 9.82. The van der Waals surface area contributed by atoms with E-state index in [9.17, 15) is 24.0 Å². The normalized spacial score (nSPS) is 18.5. The maximum absolute atomic E-state index is 13.4. The minimum Gasteiger partial charge on any atom is -0.456 e. The van der Waals surface area contributed by atoms with Gasteiger partial charge in [0.25, 0.3) is 0 Å². The van der Waals surface area contributed by atoms with Crippen LogP contribution in [-0.2, 0) is 25.5 Å². The Morgan fingerprint density at radius 3 is 2.26 bits per heavy atom. The Hall–Kier alpha value is -4.27. The zero-order valence-corrected chi connectivity index (χ0v) is 24.6. The van der Waals surface area contributed by atoms with Crippen LogP contribution in [0.1, 0.15) is 46.0 Å². The number of halogens is 2. The molecule has 0 aromatic heterocycles. The van der Waals surface area contributed by atoms with E-state index in [2.05, 4.69) is 0 Å². The number of fused-ring (bicyclic) bond motifs is 1. The number of imide groups is 1. The molecule has 0 radical (unpaired) electrons. The number of carbonyl (C=O) groups excluding carboxylic acids is 5. The molecule has 1 saturated heterocycles. The molecule has 1 aliphatic carbocycles. The molecule has 2 amide bonds. The number of ketones is 1. The number of rotatable bonds is 9. The molecule has 0 N–H and O–H groups in total. The molecular formula is C33H27Cl2NO7. The van der Waals surface area contributed by atoms with Crippen molar-refractivity contribution in [3.05, 3.63) is 111 Å². The number of nitrogens with zero attached hydrogens (tertiary/aromatic N) is 1. The summed E-state index contributed by atoms with van der Waals surface area (Å²) in [6.45, 7) is 1.32. The molecule has 3 unspecified atom stereocenters. The summed E-state index contributed by atoms with van der Waals surface area (Å²) in [7, 11) is 0. The van der Waals surface area contributed by atoms with Crippen molar-refractivity contribution in [2.45, 2.75) is 32.2 Å². The van der Waals surface area contributed by atoms with Crippen molar-refractivity contribution < 1.29 is 33.4 Å². The van der Waals surface area contributed by atoms with E-state index in [1.54, 1.807) is 24.3 Å². The number of likely N-dealkylation sites (tertiary alicyclic amines) is 1. The van der Waals surface area contributed by atoms with E-state index in [-0.39, 0.29) is 28.3 Å².